The van der Waals surface area contributed by atoms with E-state index in [0.29, 0.717) is 22.2 Å². The lowest BCUT2D eigenvalue weighted by Gasteiger charge is -2.01. The Hall–Kier alpha value is -1.99. The highest BCUT2D eigenvalue weighted by Gasteiger charge is 2.15. The summed E-state index contributed by atoms with van der Waals surface area (Å²) in [6.45, 7) is 3.44. The van der Waals surface area contributed by atoms with Crippen molar-refractivity contribution in [1.82, 2.24) is 25.4 Å². The summed E-state index contributed by atoms with van der Waals surface area (Å²) in [5.41, 5.74) is 3.30. The lowest BCUT2D eigenvalue weighted by Crippen LogP contribution is -2.30. The van der Waals surface area contributed by atoms with Gasteiger partial charge in [-0.1, -0.05) is 11.6 Å². The molecule has 0 atom stereocenters. The number of pyridine rings is 1. The second-order valence-electron chi connectivity index (χ2n) is 3.63. The molecule has 0 aliphatic heterocycles. The smallest absolute Gasteiger partial charge is 0.287 e. The van der Waals surface area contributed by atoms with Gasteiger partial charge in [-0.05, 0) is 26.0 Å². The average Bonchev–Trinajstić information content (AvgIpc) is 2.74. The fourth-order valence-corrected chi connectivity index (χ4v) is 1.51. The number of rotatable bonds is 2. The molecule has 2 heterocycles. The molecule has 0 spiro atoms. The number of hydrogen-bond donors (Lipinski definition) is 2. The summed E-state index contributed by atoms with van der Waals surface area (Å²) >= 11 is 5.88. The molecule has 1 amide bonds. The highest BCUT2D eigenvalue weighted by molar-refractivity contribution is 6.31. The minimum absolute atomic E-state index is 0.159. The van der Waals surface area contributed by atoms with Gasteiger partial charge in [0.2, 0.25) is 0 Å². The summed E-state index contributed by atoms with van der Waals surface area (Å²) in [6, 6.07) is 3.36. The van der Waals surface area contributed by atoms with E-state index < -0.39 is 5.91 Å². The second kappa shape index (κ2) is 4.71. The summed E-state index contributed by atoms with van der Waals surface area (Å²) in [5, 5.41) is 8.69. The lowest BCUT2D eigenvalue weighted by atomic mass is 10.3. The molecule has 0 radical (unpaired) electrons. The SMILES string of the molecule is Cc1nc(-n2nc(C)c(C(=O)NN)n2)ccc1Cl. The van der Waals surface area contributed by atoms with Crippen LogP contribution < -0.4 is 11.3 Å². The number of carbonyl (C=O) groups is 1. The van der Waals surface area contributed by atoms with Gasteiger partial charge in [0.25, 0.3) is 5.91 Å². The fraction of sp³-hybridized carbons (Fsp3) is 0.200. The first-order valence-electron chi connectivity index (χ1n) is 5.11. The normalized spacial score (nSPS) is 10.4. The molecule has 0 saturated heterocycles. The summed E-state index contributed by atoms with van der Waals surface area (Å²) in [7, 11) is 0. The summed E-state index contributed by atoms with van der Waals surface area (Å²) in [4.78, 5) is 16.9. The van der Waals surface area contributed by atoms with Crippen molar-refractivity contribution >= 4 is 17.5 Å². The molecule has 0 saturated carbocycles. The van der Waals surface area contributed by atoms with Crippen LogP contribution in [0.5, 0.6) is 0 Å². The Balaban J connectivity index is 2.45. The van der Waals surface area contributed by atoms with E-state index >= 15 is 0 Å². The van der Waals surface area contributed by atoms with Gasteiger partial charge in [-0.3, -0.25) is 10.2 Å². The van der Waals surface area contributed by atoms with Crippen molar-refractivity contribution in [2.45, 2.75) is 13.8 Å². The minimum atomic E-state index is -0.496. The van der Waals surface area contributed by atoms with E-state index in [0.717, 1.165) is 0 Å². The molecule has 8 heteroatoms. The van der Waals surface area contributed by atoms with Crippen molar-refractivity contribution in [2.24, 2.45) is 5.84 Å². The first kappa shape index (κ1) is 12.5. The van der Waals surface area contributed by atoms with Crippen LogP contribution in [0.2, 0.25) is 5.02 Å². The van der Waals surface area contributed by atoms with Gasteiger partial charge in [-0.15, -0.1) is 9.90 Å². The zero-order valence-electron chi connectivity index (χ0n) is 9.81. The number of aromatic nitrogens is 4. The number of aryl methyl sites for hydroxylation is 2. The summed E-state index contributed by atoms with van der Waals surface area (Å²) < 4.78 is 0. The molecule has 2 aromatic rings. The van der Waals surface area contributed by atoms with E-state index in [4.69, 9.17) is 17.4 Å². The molecular weight excluding hydrogens is 256 g/mol. The van der Waals surface area contributed by atoms with Gasteiger partial charge in [0.1, 0.15) is 0 Å². The third-order valence-corrected chi connectivity index (χ3v) is 2.74. The van der Waals surface area contributed by atoms with Gasteiger partial charge >= 0.3 is 0 Å². The number of hydrogen-bond acceptors (Lipinski definition) is 5. The average molecular weight is 267 g/mol. The van der Waals surface area contributed by atoms with Gasteiger partial charge in [-0.25, -0.2) is 10.8 Å². The van der Waals surface area contributed by atoms with Crippen LogP contribution in [-0.4, -0.2) is 25.9 Å². The van der Waals surface area contributed by atoms with E-state index in [-0.39, 0.29) is 5.69 Å². The third kappa shape index (κ3) is 2.18. The lowest BCUT2D eigenvalue weighted by molar-refractivity contribution is 0.0947. The van der Waals surface area contributed by atoms with Crippen molar-refractivity contribution in [3.8, 4) is 5.82 Å². The number of amides is 1. The van der Waals surface area contributed by atoms with Crippen molar-refractivity contribution in [1.29, 1.82) is 0 Å². The molecule has 0 fully saturated rings. The molecule has 2 rings (SSSR count). The Morgan fingerprint density at radius 2 is 2.06 bits per heavy atom. The van der Waals surface area contributed by atoms with E-state index in [1.54, 1.807) is 26.0 Å². The maximum atomic E-state index is 11.4. The maximum Gasteiger partial charge on any atom is 0.287 e. The first-order chi connectivity index (χ1) is 8.52. The number of nitrogens with two attached hydrogens (primary N) is 1. The predicted molar refractivity (Wildman–Crippen MR) is 65.3 cm³/mol. The maximum absolute atomic E-state index is 11.4. The van der Waals surface area contributed by atoms with Crippen molar-refractivity contribution in [2.75, 3.05) is 0 Å². The Kier molecular flexibility index (Phi) is 3.26. The standard InChI is InChI=1S/C10H11ClN6O/c1-5-7(11)3-4-8(13-5)17-15-6(2)9(16-17)10(18)14-12/h3-4H,12H2,1-2H3,(H,14,18). The third-order valence-electron chi connectivity index (χ3n) is 2.34. The number of carbonyl (C=O) groups excluding carboxylic acids is 1. The van der Waals surface area contributed by atoms with Crippen LogP contribution in [0.25, 0.3) is 5.82 Å². The Morgan fingerprint density at radius 3 is 2.67 bits per heavy atom. The van der Waals surface area contributed by atoms with Crippen LogP contribution >= 0.6 is 11.6 Å². The summed E-state index contributed by atoms with van der Waals surface area (Å²) in [5.74, 6) is 5.04. The van der Waals surface area contributed by atoms with Crippen LogP contribution in [0.4, 0.5) is 0 Å². The van der Waals surface area contributed by atoms with Crippen LogP contribution in [0.15, 0.2) is 12.1 Å². The minimum Gasteiger partial charge on any atom is -0.289 e. The molecule has 7 nitrogen and oxygen atoms in total. The number of halogens is 1. The summed E-state index contributed by atoms with van der Waals surface area (Å²) in [6.07, 6.45) is 0. The number of nitrogens with one attached hydrogen (secondary N) is 1. The molecule has 0 aromatic carbocycles. The van der Waals surface area contributed by atoms with Crippen molar-refractivity contribution < 1.29 is 4.79 Å². The van der Waals surface area contributed by atoms with Gasteiger partial charge in [0, 0.05) is 0 Å². The number of nitrogens with zero attached hydrogens (tertiary/aromatic N) is 4. The molecule has 0 unspecified atom stereocenters. The highest BCUT2D eigenvalue weighted by atomic mass is 35.5. The Labute approximate surface area is 108 Å². The predicted octanol–water partition coefficient (Wildman–Crippen LogP) is 0.536. The molecule has 0 aliphatic carbocycles. The topological polar surface area (TPSA) is 98.7 Å². The van der Waals surface area contributed by atoms with E-state index in [1.807, 2.05) is 5.43 Å². The molecule has 0 aliphatic rings. The molecule has 2 aromatic heterocycles. The van der Waals surface area contributed by atoms with E-state index in [2.05, 4.69) is 15.2 Å². The second-order valence-corrected chi connectivity index (χ2v) is 4.04. The molecule has 94 valence electrons. The van der Waals surface area contributed by atoms with E-state index in [1.165, 1.54) is 4.80 Å². The fourth-order valence-electron chi connectivity index (χ4n) is 1.40. The van der Waals surface area contributed by atoms with Crippen molar-refractivity contribution in [3.05, 3.63) is 34.2 Å². The Bertz CT molecular complexity index is 608. The monoisotopic (exact) mass is 266 g/mol. The largest absolute Gasteiger partial charge is 0.289 e. The first-order valence-corrected chi connectivity index (χ1v) is 5.49. The van der Waals surface area contributed by atoms with Crippen molar-refractivity contribution in [3.63, 3.8) is 0 Å². The number of hydrazine groups is 1. The van der Waals surface area contributed by atoms with Crippen LogP contribution in [0.3, 0.4) is 0 Å². The van der Waals surface area contributed by atoms with Crippen LogP contribution in [0, 0.1) is 13.8 Å². The van der Waals surface area contributed by atoms with Gasteiger partial charge in [0.05, 0.1) is 16.4 Å². The van der Waals surface area contributed by atoms with Gasteiger partial charge in [-0.2, -0.15) is 5.10 Å². The Morgan fingerprint density at radius 1 is 1.33 bits per heavy atom. The zero-order chi connectivity index (χ0) is 13.3. The number of nitrogen functional groups attached to an aromatic ring is 1. The highest BCUT2D eigenvalue weighted by Crippen LogP contribution is 2.14. The zero-order valence-corrected chi connectivity index (χ0v) is 10.6. The van der Waals surface area contributed by atoms with Gasteiger partial charge in [0.15, 0.2) is 11.5 Å². The molecular formula is C10H11ClN6O. The molecule has 0 bridgehead atoms. The quantitative estimate of drug-likeness (QED) is 0.469. The van der Waals surface area contributed by atoms with Crippen LogP contribution in [-0.2, 0) is 0 Å². The van der Waals surface area contributed by atoms with Crippen LogP contribution in [0.1, 0.15) is 21.9 Å². The molecule has 18 heavy (non-hydrogen) atoms. The van der Waals surface area contributed by atoms with Gasteiger partial charge < -0.3 is 0 Å². The molecule has 3 N–H and O–H groups in total. The van der Waals surface area contributed by atoms with E-state index in [9.17, 15) is 4.79 Å².